The van der Waals surface area contributed by atoms with E-state index in [0.29, 0.717) is 17.1 Å². The van der Waals surface area contributed by atoms with Crippen LogP contribution in [0.1, 0.15) is 55.6 Å². The number of ether oxygens (including phenoxy) is 2. The Labute approximate surface area is 244 Å². The molecule has 0 bridgehead atoms. The van der Waals surface area contributed by atoms with E-state index in [1.807, 2.05) is 18.3 Å². The largest absolute Gasteiger partial charge is 0.464 e. The third-order valence-electron chi connectivity index (χ3n) is 5.89. The lowest BCUT2D eigenvalue weighted by Crippen LogP contribution is -2.27. The number of hydrogen-bond acceptors (Lipinski definition) is 7. The van der Waals surface area contributed by atoms with Crippen LogP contribution >= 0.6 is 0 Å². The Kier molecular flexibility index (Phi) is 9.74. The van der Waals surface area contributed by atoms with E-state index in [-0.39, 0.29) is 17.2 Å². The zero-order chi connectivity index (χ0) is 31.2. The molecule has 222 valence electrons. The van der Waals surface area contributed by atoms with E-state index in [9.17, 15) is 19.2 Å². The van der Waals surface area contributed by atoms with Gasteiger partial charge in [-0.2, -0.15) is 0 Å². The zero-order valence-electron chi connectivity index (χ0n) is 25.0. The van der Waals surface area contributed by atoms with Crippen LogP contribution in [-0.2, 0) is 28.4 Å². The van der Waals surface area contributed by atoms with Crippen molar-refractivity contribution >= 4 is 41.0 Å². The number of aryl methyl sites for hydroxylation is 2. The topological polar surface area (TPSA) is 145 Å². The van der Waals surface area contributed by atoms with Gasteiger partial charge in [0.05, 0.1) is 12.8 Å². The maximum atomic E-state index is 13.1. The summed E-state index contributed by atoms with van der Waals surface area (Å²) in [5.74, 6) is -1.26. The fraction of sp³-hybridized carbons (Fsp3) is 0.300. The van der Waals surface area contributed by atoms with E-state index < -0.39 is 29.5 Å². The van der Waals surface area contributed by atoms with Gasteiger partial charge in [0.25, 0.3) is 11.8 Å². The van der Waals surface area contributed by atoms with Gasteiger partial charge in [-0.15, -0.1) is 0 Å². The Morgan fingerprint density at radius 1 is 0.881 bits per heavy atom. The predicted molar refractivity (Wildman–Crippen MR) is 160 cm³/mol. The first-order valence-corrected chi connectivity index (χ1v) is 13.1. The van der Waals surface area contributed by atoms with E-state index in [0.717, 1.165) is 11.1 Å². The SMILES string of the molecule is C/C=C(\N=C(/C)C(=O)Nc1cc(C(=O)OC)n(C)c1)NC(=O)c1cc(-c2ccc(NC(=O)OC(C)(C)C)cc2)cn1C. The molecule has 0 aliphatic carbocycles. The number of anilines is 2. The maximum absolute atomic E-state index is 13.1. The molecule has 2 aromatic heterocycles. The minimum Gasteiger partial charge on any atom is -0.464 e. The summed E-state index contributed by atoms with van der Waals surface area (Å²) in [6.45, 7) is 8.57. The van der Waals surface area contributed by atoms with Crippen LogP contribution in [0.3, 0.4) is 0 Å². The van der Waals surface area contributed by atoms with Crippen LogP contribution in [0.5, 0.6) is 0 Å². The molecule has 0 radical (unpaired) electrons. The quantitative estimate of drug-likeness (QED) is 0.258. The van der Waals surface area contributed by atoms with Crippen molar-refractivity contribution in [3.05, 3.63) is 72.1 Å². The van der Waals surface area contributed by atoms with Crippen LogP contribution in [-0.4, -0.2) is 51.4 Å². The fourth-order valence-electron chi connectivity index (χ4n) is 3.85. The van der Waals surface area contributed by atoms with Gasteiger partial charge < -0.3 is 29.2 Å². The van der Waals surface area contributed by atoms with Crippen LogP contribution < -0.4 is 16.0 Å². The summed E-state index contributed by atoms with van der Waals surface area (Å²) in [6, 6.07) is 10.4. The van der Waals surface area contributed by atoms with E-state index >= 15 is 0 Å². The van der Waals surface area contributed by atoms with Crippen LogP contribution in [0.2, 0.25) is 0 Å². The summed E-state index contributed by atoms with van der Waals surface area (Å²) in [7, 11) is 4.68. The van der Waals surface area contributed by atoms with Crippen molar-refractivity contribution in [1.82, 2.24) is 14.5 Å². The van der Waals surface area contributed by atoms with Crippen molar-refractivity contribution in [2.24, 2.45) is 19.1 Å². The minimum atomic E-state index is -0.603. The summed E-state index contributed by atoms with van der Waals surface area (Å²) in [5, 5.41) is 8.10. The number of carbonyl (C=O) groups is 4. The standard InChI is InChI=1S/C30H36N6O6/c1-9-25(31-18(2)26(37)32-22-15-24(28(39)41-8)36(7)17-22)34-27(38)23-14-20(16-35(23)6)19-10-12-21(13-11-19)33-29(40)42-30(3,4)5/h9-17H,1-8H3,(H,32,37)(H,33,40)(H,34,38)/b25-9+,31-18+. The number of rotatable bonds is 8. The highest BCUT2D eigenvalue weighted by Crippen LogP contribution is 2.24. The summed E-state index contributed by atoms with van der Waals surface area (Å²) in [4.78, 5) is 53.9. The first kappa shape index (κ1) is 31.4. The highest BCUT2D eigenvalue weighted by Gasteiger charge is 2.18. The molecule has 0 aliphatic rings. The van der Waals surface area contributed by atoms with Crippen molar-refractivity contribution in [3.8, 4) is 11.1 Å². The lowest BCUT2D eigenvalue weighted by molar-refractivity contribution is -0.110. The molecule has 3 aromatic rings. The normalized spacial score (nSPS) is 12.0. The van der Waals surface area contributed by atoms with Crippen LogP contribution in [0.15, 0.2) is 65.7 Å². The average Bonchev–Trinajstić information content (AvgIpc) is 3.48. The van der Waals surface area contributed by atoms with Crippen molar-refractivity contribution in [2.45, 2.75) is 40.2 Å². The van der Waals surface area contributed by atoms with Gasteiger partial charge in [0.15, 0.2) is 0 Å². The van der Waals surface area contributed by atoms with Crippen molar-refractivity contribution in [1.29, 1.82) is 0 Å². The molecule has 3 rings (SSSR count). The predicted octanol–water partition coefficient (Wildman–Crippen LogP) is 4.85. The molecule has 0 atom stereocenters. The number of hydrogen-bond donors (Lipinski definition) is 3. The maximum Gasteiger partial charge on any atom is 0.412 e. The molecule has 42 heavy (non-hydrogen) atoms. The smallest absolute Gasteiger partial charge is 0.412 e. The number of allylic oxidation sites excluding steroid dienone is 1. The summed E-state index contributed by atoms with van der Waals surface area (Å²) in [6.07, 6.45) is 4.42. The van der Waals surface area contributed by atoms with Crippen LogP contribution in [0.25, 0.3) is 11.1 Å². The molecule has 0 saturated heterocycles. The van der Waals surface area contributed by atoms with Gasteiger partial charge in [-0.3, -0.25) is 14.9 Å². The molecule has 3 N–H and O–H groups in total. The molecule has 0 unspecified atom stereocenters. The van der Waals surface area contributed by atoms with E-state index in [2.05, 4.69) is 20.9 Å². The number of nitrogens with one attached hydrogen (secondary N) is 3. The van der Waals surface area contributed by atoms with Gasteiger partial charge in [0.2, 0.25) is 0 Å². The average molecular weight is 577 g/mol. The Bertz CT molecular complexity index is 1550. The molecule has 0 fully saturated rings. The Morgan fingerprint density at radius 3 is 2.12 bits per heavy atom. The van der Waals surface area contributed by atoms with E-state index in [1.54, 1.807) is 76.8 Å². The number of amides is 3. The number of methoxy groups -OCH3 is 1. The highest BCUT2D eigenvalue weighted by atomic mass is 16.6. The van der Waals surface area contributed by atoms with Crippen molar-refractivity contribution in [3.63, 3.8) is 0 Å². The molecule has 3 amide bonds. The summed E-state index contributed by atoms with van der Waals surface area (Å²) in [5.41, 5.74) is 2.75. The lowest BCUT2D eigenvalue weighted by atomic mass is 10.1. The Hall–Kier alpha value is -5.13. The molecule has 1 aromatic carbocycles. The highest BCUT2D eigenvalue weighted by molar-refractivity contribution is 6.42. The zero-order valence-corrected chi connectivity index (χ0v) is 25.0. The first-order valence-electron chi connectivity index (χ1n) is 13.1. The summed E-state index contributed by atoms with van der Waals surface area (Å²) >= 11 is 0. The second-order valence-corrected chi connectivity index (χ2v) is 10.4. The minimum absolute atomic E-state index is 0.0968. The van der Waals surface area contributed by atoms with Gasteiger partial charge in [-0.1, -0.05) is 12.1 Å². The summed E-state index contributed by atoms with van der Waals surface area (Å²) < 4.78 is 13.2. The number of nitrogens with zero attached hydrogens (tertiary/aromatic N) is 3. The third-order valence-corrected chi connectivity index (χ3v) is 5.89. The van der Waals surface area contributed by atoms with Gasteiger partial charge in [0.1, 0.15) is 28.5 Å². The third kappa shape index (κ3) is 8.19. The molecular formula is C30H36N6O6. The molecular weight excluding hydrogens is 540 g/mol. The first-order chi connectivity index (χ1) is 19.7. The Morgan fingerprint density at radius 2 is 1.52 bits per heavy atom. The fourth-order valence-corrected chi connectivity index (χ4v) is 3.85. The molecule has 12 nitrogen and oxygen atoms in total. The molecule has 2 heterocycles. The molecule has 12 heteroatoms. The van der Waals surface area contributed by atoms with Crippen molar-refractivity contribution < 1.29 is 28.7 Å². The molecule has 0 saturated carbocycles. The van der Waals surface area contributed by atoms with Crippen molar-refractivity contribution in [2.75, 3.05) is 17.7 Å². The second-order valence-electron chi connectivity index (χ2n) is 10.4. The monoisotopic (exact) mass is 576 g/mol. The number of carbonyl (C=O) groups excluding carboxylic acids is 4. The number of benzene rings is 1. The van der Waals surface area contributed by atoms with Gasteiger partial charge in [-0.05, 0) is 70.5 Å². The van der Waals surface area contributed by atoms with E-state index in [4.69, 9.17) is 9.47 Å². The number of aromatic nitrogens is 2. The van der Waals surface area contributed by atoms with Crippen LogP contribution in [0, 0.1) is 0 Å². The van der Waals surface area contributed by atoms with Gasteiger partial charge in [0, 0.05) is 37.7 Å². The molecule has 0 aliphatic heterocycles. The number of aliphatic imine (C=N–C) groups is 1. The molecule has 0 spiro atoms. The second kappa shape index (κ2) is 13.0. The Balaban J connectivity index is 1.67. The van der Waals surface area contributed by atoms with Crippen LogP contribution in [0.4, 0.5) is 16.2 Å². The number of esters is 1. The van der Waals surface area contributed by atoms with Gasteiger partial charge >= 0.3 is 12.1 Å². The lowest BCUT2D eigenvalue weighted by Gasteiger charge is -2.19. The van der Waals surface area contributed by atoms with Gasteiger partial charge in [-0.25, -0.2) is 14.6 Å². The van der Waals surface area contributed by atoms with E-state index in [1.165, 1.54) is 24.7 Å².